The average molecular weight is 504 g/mol. The van der Waals surface area contributed by atoms with Gasteiger partial charge in [0, 0.05) is 6.04 Å². The summed E-state index contributed by atoms with van der Waals surface area (Å²) in [6.07, 6.45) is 20.8. The highest BCUT2D eigenvalue weighted by molar-refractivity contribution is 5.25. The van der Waals surface area contributed by atoms with E-state index in [0.29, 0.717) is 16.9 Å². The summed E-state index contributed by atoms with van der Waals surface area (Å²) in [6.45, 7) is 25.0. The fourth-order valence-corrected chi connectivity index (χ4v) is 8.95. The second-order valence-electron chi connectivity index (χ2n) is 13.4. The maximum absolute atomic E-state index is 6.38. The van der Waals surface area contributed by atoms with Gasteiger partial charge in [-0.1, -0.05) is 120 Å². The largest absolute Gasteiger partial charge is 0.327 e. The fourth-order valence-electron chi connectivity index (χ4n) is 8.95. The molecule has 0 spiro atoms. The van der Waals surface area contributed by atoms with Crippen LogP contribution in [0.3, 0.4) is 0 Å². The summed E-state index contributed by atoms with van der Waals surface area (Å²) in [4.78, 5) is 0. The zero-order chi connectivity index (χ0) is 27.5. The van der Waals surface area contributed by atoms with Crippen LogP contribution in [0.1, 0.15) is 160 Å². The van der Waals surface area contributed by atoms with Crippen LogP contribution in [0.2, 0.25) is 0 Å². The first-order valence-electron chi connectivity index (χ1n) is 16.6. The monoisotopic (exact) mass is 504 g/mol. The van der Waals surface area contributed by atoms with Crippen molar-refractivity contribution in [2.45, 2.75) is 166 Å². The highest BCUT2D eigenvalue weighted by atomic mass is 14.7. The highest BCUT2D eigenvalue weighted by Gasteiger charge is 2.57. The van der Waals surface area contributed by atoms with Crippen molar-refractivity contribution in [3.05, 3.63) is 11.6 Å². The van der Waals surface area contributed by atoms with Gasteiger partial charge in [0.1, 0.15) is 0 Å². The molecule has 0 aromatic rings. The Balaban J connectivity index is 0.000000844. The van der Waals surface area contributed by atoms with Gasteiger partial charge in [0.25, 0.3) is 0 Å². The lowest BCUT2D eigenvalue weighted by Crippen LogP contribution is -2.46. The van der Waals surface area contributed by atoms with Crippen LogP contribution in [0.4, 0.5) is 0 Å². The smallest absolute Gasteiger partial charge is 0.00766 e. The van der Waals surface area contributed by atoms with Crippen LogP contribution in [-0.4, -0.2) is 6.04 Å². The predicted octanol–water partition coefficient (Wildman–Crippen LogP) is 11.2. The molecule has 36 heavy (non-hydrogen) atoms. The van der Waals surface area contributed by atoms with Crippen LogP contribution in [0.15, 0.2) is 11.6 Å². The van der Waals surface area contributed by atoms with E-state index in [1.807, 2.05) is 27.7 Å². The molecule has 1 heteroatoms. The molecule has 3 fully saturated rings. The van der Waals surface area contributed by atoms with Gasteiger partial charge in [-0.3, -0.25) is 0 Å². The van der Waals surface area contributed by atoms with E-state index in [9.17, 15) is 0 Å². The van der Waals surface area contributed by atoms with E-state index in [1.54, 1.807) is 5.57 Å². The van der Waals surface area contributed by atoms with Crippen molar-refractivity contribution in [3.63, 3.8) is 0 Å². The molecule has 0 amide bonds. The van der Waals surface area contributed by atoms with Gasteiger partial charge in [-0.05, 0) is 97.7 Å². The Morgan fingerprint density at radius 2 is 1.53 bits per heavy atom. The zero-order valence-corrected chi connectivity index (χ0v) is 26.9. The summed E-state index contributed by atoms with van der Waals surface area (Å²) in [6, 6.07) is 0.421. The van der Waals surface area contributed by atoms with Crippen LogP contribution in [0.5, 0.6) is 0 Å². The average Bonchev–Trinajstić information content (AvgIpc) is 3.11. The number of fused-ring (bicyclic) bond motifs is 5. The Hall–Kier alpha value is -0.300. The van der Waals surface area contributed by atoms with Crippen molar-refractivity contribution in [2.75, 3.05) is 0 Å². The van der Waals surface area contributed by atoms with Gasteiger partial charge in [-0.25, -0.2) is 0 Å². The van der Waals surface area contributed by atoms with Gasteiger partial charge in [-0.2, -0.15) is 0 Å². The number of allylic oxidation sites excluding steroid dienone is 1. The van der Waals surface area contributed by atoms with Crippen LogP contribution < -0.4 is 5.73 Å². The molecule has 4 aliphatic rings. The van der Waals surface area contributed by atoms with Crippen LogP contribution in [0, 0.1) is 46.3 Å². The number of rotatable bonds is 5. The third kappa shape index (κ3) is 7.64. The topological polar surface area (TPSA) is 26.0 Å². The first-order valence-corrected chi connectivity index (χ1v) is 16.6. The predicted molar refractivity (Wildman–Crippen MR) is 164 cm³/mol. The Bertz CT molecular complexity index is 620. The lowest BCUT2D eigenvalue weighted by Gasteiger charge is -2.53. The second-order valence-corrected chi connectivity index (χ2v) is 13.4. The van der Waals surface area contributed by atoms with Gasteiger partial charge in [-0.15, -0.1) is 0 Å². The molecule has 0 aromatic heterocycles. The lowest BCUT2D eigenvalue weighted by atomic mass is 9.52. The highest BCUT2D eigenvalue weighted by Crippen LogP contribution is 2.65. The van der Waals surface area contributed by atoms with Crippen LogP contribution in [-0.2, 0) is 0 Å². The van der Waals surface area contributed by atoms with Gasteiger partial charge in [0.2, 0.25) is 0 Å². The van der Waals surface area contributed by atoms with Crippen molar-refractivity contribution < 1.29 is 0 Å². The zero-order valence-electron chi connectivity index (χ0n) is 26.9. The quantitative estimate of drug-likeness (QED) is 0.371. The Labute approximate surface area is 229 Å². The lowest BCUT2D eigenvalue weighted by molar-refractivity contribution is 0.0237. The van der Waals surface area contributed by atoms with Crippen molar-refractivity contribution in [1.29, 1.82) is 0 Å². The Morgan fingerprint density at radius 3 is 2.14 bits per heavy atom. The van der Waals surface area contributed by atoms with Crippen molar-refractivity contribution in [3.8, 4) is 0 Å². The second kappa shape index (κ2) is 16.0. The molecule has 0 saturated heterocycles. The van der Waals surface area contributed by atoms with E-state index in [2.05, 4.69) is 54.5 Å². The summed E-state index contributed by atoms with van der Waals surface area (Å²) in [5.41, 5.74) is 9.19. The molecule has 4 aliphatic carbocycles. The molecular weight excluding hydrogens is 434 g/mol. The molecule has 0 aromatic carbocycles. The van der Waals surface area contributed by atoms with E-state index >= 15 is 0 Å². The Kier molecular flexibility index (Phi) is 14.9. The molecule has 4 rings (SSSR count). The van der Waals surface area contributed by atoms with Crippen molar-refractivity contribution in [2.24, 2.45) is 52.1 Å². The molecule has 214 valence electrons. The Morgan fingerprint density at radius 1 is 0.889 bits per heavy atom. The van der Waals surface area contributed by atoms with E-state index in [4.69, 9.17) is 5.73 Å². The molecule has 8 unspecified atom stereocenters. The fraction of sp³-hybridized carbons (Fsp3) is 0.943. The third-order valence-electron chi connectivity index (χ3n) is 10.6. The molecule has 8 atom stereocenters. The van der Waals surface area contributed by atoms with Crippen molar-refractivity contribution >= 4 is 0 Å². The number of hydrogen-bond acceptors (Lipinski definition) is 1. The van der Waals surface area contributed by atoms with E-state index in [-0.39, 0.29) is 0 Å². The van der Waals surface area contributed by atoms with Crippen LogP contribution in [0.25, 0.3) is 0 Å². The minimum Gasteiger partial charge on any atom is -0.327 e. The molecule has 0 radical (unpaired) electrons. The van der Waals surface area contributed by atoms with Crippen LogP contribution >= 0.6 is 0 Å². The maximum atomic E-state index is 6.38. The molecule has 1 nitrogen and oxygen atoms in total. The van der Waals surface area contributed by atoms with E-state index in [1.165, 1.54) is 83.5 Å². The summed E-state index contributed by atoms with van der Waals surface area (Å²) in [7, 11) is 0. The SMILES string of the molecule is CC.CC.CC(C)CCCC(C)C1CCC2C3CC=C4CC(N)CCC4(C)C3CCCC12C.CCC. The van der Waals surface area contributed by atoms with Gasteiger partial charge in [0.05, 0.1) is 0 Å². The minimum absolute atomic E-state index is 0.421. The van der Waals surface area contributed by atoms with Gasteiger partial charge < -0.3 is 5.73 Å². The summed E-state index contributed by atoms with van der Waals surface area (Å²) in [5, 5.41) is 0. The van der Waals surface area contributed by atoms with E-state index in [0.717, 1.165) is 35.5 Å². The third-order valence-corrected chi connectivity index (χ3v) is 10.6. The molecule has 0 heterocycles. The molecule has 0 bridgehead atoms. The standard InChI is InChI=1S/C28H49N.C3H8.2C2H6/c1-19(2)8-6-9-20(3)24-13-14-26-23-12-11-21-18-22(29)15-17-27(21,4)25(23)10-7-16-28(24,26)5;1-3-2;2*1-2/h11,19-20,22-26H,6-10,12-18,29H2,1-5H3;3H2,1-2H3;2*1-2H3. The van der Waals surface area contributed by atoms with Crippen molar-refractivity contribution in [1.82, 2.24) is 0 Å². The number of hydrogen-bond donors (Lipinski definition) is 1. The van der Waals surface area contributed by atoms with Gasteiger partial charge in [0.15, 0.2) is 0 Å². The molecule has 0 aliphatic heterocycles. The molecule has 3 saturated carbocycles. The summed E-state index contributed by atoms with van der Waals surface area (Å²) < 4.78 is 0. The summed E-state index contributed by atoms with van der Waals surface area (Å²) >= 11 is 0. The first-order chi connectivity index (χ1) is 17.2. The van der Waals surface area contributed by atoms with Gasteiger partial charge >= 0.3 is 0 Å². The minimum atomic E-state index is 0.421. The molecular formula is C35H69N. The first kappa shape index (κ1) is 33.7. The van der Waals surface area contributed by atoms with E-state index < -0.39 is 0 Å². The number of nitrogens with two attached hydrogens (primary N) is 1. The molecule has 2 N–H and O–H groups in total. The normalized spacial score (nSPS) is 37.7. The summed E-state index contributed by atoms with van der Waals surface area (Å²) in [5.74, 6) is 5.59. The maximum Gasteiger partial charge on any atom is 0.00766 e.